The predicted octanol–water partition coefficient (Wildman–Crippen LogP) is 2.77. The van der Waals surface area contributed by atoms with E-state index in [-0.39, 0.29) is 23.9 Å². The van der Waals surface area contributed by atoms with E-state index in [2.05, 4.69) is 0 Å². The zero-order chi connectivity index (χ0) is 20.5. The number of sulfonamides is 1. The van der Waals surface area contributed by atoms with Crippen molar-refractivity contribution in [1.82, 2.24) is 9.21 Å². The number of aryl methyl sites for hydroxylation is 3. The first-order valence-electron chi connectivity index (χ1n) is 9.25. The Labute approximate surface area is 166 Å². The Morgan fingerprint density at radius 3 is 2.07 bits per heavy atom. The Kier molecular flexibility index (Phi) is 5.76. The third-order valence-electron chi connectivity index (χ3n) is 5.22. The topological polar surface area (TPSA) is 66.9 Å². The molecule has 0 bridgehead atoms. The lowest BCUT2D eigenvalue weighted by Crippen LogP contribution is -2.50. The summed E-state index contributed by atoms with van der Waals surface area (Å²) in [6.45, 7) is 7.01. The Hall–Kier alpha value is -2.38. The molecule has 6 nitrogen and oxygen atoms in total. The van der Waals surface area contributed by atoms with Gasteiger partial charge >= 0.3 is 0 Å². The summed E-state index contributed by atoms with van der Waals surface area (Å²) in [5.41, 5.74) is 3.59. The van der Waals surface area contributed by atoms with Crippen LogP contribution in [-0.4, -0.2) is 56.8 Å². The number of benzene rings is 2. The van der Waals surface area contributed by atoms with Crippen LogP contribution in [0.3, 0.4) is 0 Å². The molecule has 2 aromatic carbocycles. The van der Waals surface area contributed by atoms with Gasteiger partial charge in [0.1, 0.15) is 10.6 Å². The van der Waals surface area contributed by atoms with Crippen LogP contribution < -0.4 is 4.74 Å². The van der Waals surface area contributed by atoms with Crippen molar-refractivity contribution in [3.63, 3.8) is 0 Å². The maximum absolute atomic E-state index is 13.2. The lowest BCUT2D eigenvalue weighted by molar-refractivity contribution is 0.0698. The van der Waals surface area contributed by atoms with Crippen LogP contribution in [-0.2, 0) is 10.0 Å². The number of piperazine rings is 1. The highest BCUT2D eigenvalue weighted by Gasteiger charge is 2.32. The van der Waals surface area contributed by atoms with Crippen molar-refractivity contribution in [2.75, 3.05) is 33.3 Å². The molecule has 3 rings (SSSR count). The summed E-state index contributed by atoms with van der Waals surface area (Å²) in [7, 11) is -2.22. The van der Waals surface area contributed by atoms with Gasteiger partial charge in [0, 0.05) is 31.7 Å². The Morgan fingerprint density at radius 2 is 1.50 bits per heavy atom. The molecule has 7 heteroatoms. The normalized spacial score (nSPS) is 15.5. The second kappa shape index (κ2) is 7.93. The van der Waals surface area contributed by atoms with Gasteiger partial charge in [-0.15, -0.1) is 0 Å². The van der Waals surface area contributed by atoms with Crippen molar-refractivity contribution in [3.8, 4) is 5.75 Å². The van der Waals surface area contributed by atoms with E-state index in [4.69, 9.17) is 4.74 Å². The van der Waals surface area contributed by atoms with Gasteiger partial charge in [-0.25, -0.2) is 8.42 Å². The van der Waals surface area contributed by atoms with Crippen molar-refractivity contribution in [2.24, 2.45) is 0 Å². The van der Waals surface area contributed by atoms with Crippen LogP contribution in [0.1, 0.15) is 27.0 Å². The Bertz CT molecular complexity index is 976. The van der Waals surface area contributed by atoms with Crippen molar-refractivity contribution in [3.05, 3.63) is 58.7 Å². The van der Waals surface area contributed by atoms with Gasteiger partial charge in [-0.3, -0.25) is 4.79 Å². The highest BCUT2D eigenvalue weighted by molar-refractivity contribution is 7.89. The number of methoxy groups -OCH3 is 1. The molecule has 0 spiro atoms. The van der Waals surface area contributed by atoms with E-state index in [1.54, 1.807) is 29.2 Å². The van der Waals surface area contributed by atoms with Gasteiger partial charge in [0.25, 0.3) is 5.91 Å². The lowest BCUT2D eigenvalue weighted by atomic mass is 10.1. The van der Waals surface area contributed by atoms with Crippen molar-refractivity contribution >= 4 is 15.9 Å². The van der Waals surface area contributed by atoms with Crippen molar-refractivity contribution < 1.29 is 17.9 Å². The van der Waals surface area contributed by atoms with Crippen molar-refractivity contribution in [1.29, 1.82) is 0 Å². The summed E-state index contributed by atoms with van der Waals surface area (Å²) in [6, 6.07) is 10.8. The van der Waals surface area contributed by atoms with Gasteiger partial charge in [-0.05, 0) is 56.2 Å². The number of carbonyl (C=O) groups is 1. The summed E-state index contributed by atoms with van der Waals surface area (Å²) in [5, 5.41) is 0. The molecule has 1 aliphatic rings. The van der Waals surface area contributed by atoms with Crippen LogP contribution in [0.15, 0.2) is 41.3 Å². The average molecular weight is 403 g/mol. The zero-order valence-corrected chi connectivity index (χ0v) is 17.5. The molecule has 1 saturated heterocycles. The molecule has 0 aromatic heterocycles. The molecule has 0 atom stereocenters. The monoisotopic (exact) mass is 402 g/mol. The van der Waals surface area contributed by atoms with Crippen LogP contribution in [0.4, 0.5) is 0 Å². The van der Waals surface area contributed by atoms with Gasteiger partial charge in [-0.1, -0.05) is 17.7 Å². The lowest BCUT2D eigenvalue weighted by Gasteiger charge is -2.34. The molecule has 0 aliphatic carbocycles. The molecule has 1 amide bonds. The molecule has 0 radical (unpaired) electrons. The van der Waals surface area contributed by atoms with E-state index >= 15 is 0 Å². The van der Waals surface area contributed by atoms with Gasteiger partial charge < -0.3 is 9.64 Å². The smallest absolute Gasteiger partial charge is 0.253 e. The molecule has 28 heavy (non-hydrogen) atoms. The number of ether oxygens (including phenoxy) is 1. The minimum absolute atomic E-state index is 0.0687. The third kappa shape index (κ3) is 3.91. The molecular weight excluding hydrogens is 376 g/mol. The predicted molar refractivity (Wildman–Crippen MR) is 108 cm³/mol. The highest BCUT2D eigenvalue weighted by Crippen LogP contribution is 2.30. The first-order valence-corrected chi connectivity index (χ1v) is 10.7. The third-order valence-corrected chi connectivity index (χ3v) is 7.14. The fourth-order valence-corrected chi connectivity index (χ4v) is 4.92. The maximum atomic E-state index is 13.2. The van der Waals surface area contributed by atoms with Crippen LogP contribution in [0.5, 0.6) is 5.75 Å². The minimum atomic E-state index is -3.69. The van der Waals surface area contributed by atoms with Crippen LogP contribution >= 0.6 is 0 Å². The van der Waals surface area contributed by atoms with Crippen molar-refractivity contribution in [2.45, 2.75) is 25.7 Å². The first kappa shape index (κ1) is 20.4. The zero-order valence-electron chi connectivity index (χ0n) is 16.7. The second-order valence-corrected chi connectivity index (χ2v) is 9.06. The molecule has 1 heterocycles. The summed E-state index contributed by atoms with van der Waals surface area (Å²) in [4.78, 5) is 14.5. The number of hydrogen-bond acceptors (Lipinski definition) is 4. The van der Waals surface area contributed by atoms with E-state index < -0.39 is 10.0 Å². The van der Waals surface area contributed by atoms with E-state index in [0.717, 1.165) is 16.7 Å². The van der Waals surface area contributed by atoms with Gasteiger partial charge in [-0.2, -0.15) is 4.31 Å². The molecule has 0 N–H and O–H groups in total. The second-order valence-electron chi connectivity index (χ2n) is 7.15. The summed E-state index contributed by atoms with van der Waals surface area (Å²) < 4.78 is 33.1. The molecule has 1 aliphatic heterocycles. The standard InChI is InChI=1S/C21H26N2O4S/c1-15-5-7-18(8-6-15)21(24)22-9-11-23(12-10-22)28(25,26)20-14-17(3)16(2)13-19(20)27-4/h5-8,13-14H,9-12H2,1-4H3. The summed E-state index contributed by atoms with van der Waals surface area (Å²) >= 11 is 0. The number of hydrogen-bond donors (Lipinski definition) is 0. The number of rotatable bonds is 4. The number of nitrogens with zero attached hydrogens (tertiary/aromatic N) is 2. The minimum Gasteiger partial charge on any atom is -0.495 e. The van der Waals surface area contributed by atoms with E-state index in [1.807, 2.05) is 32.9 Å². The number of amides is 1. The maximum Gasteiger partial charge on any atom is 0.253 e. The Morgan fingerprint density at radius 1 is 0.929 bits per heavy atom. The average Bonchev–Trinajstić information content (AvgIpc) is 2.69. The highest BCUT2D eigenvalue weighted by atomic mass is 32.2. The van der Waals surface area contributed by atoms with Gasteiger partial charge in [0.15, 0.2) is 0 Å². The first-order chi connectivity index (χ1) is 13.2. The van der Waals surface area contributed by atoms with Gasteiger partial charge in [0.2, 0.25) is 10.0 Å². The molecule has 1 fully saturated rings. The largest absolute Gasteiger partial charge is 0.495 e. The molecule has 0 saturated carbocycles. The van der Waals surface area contributed by atoms with Crippen LogP contribution in [0, 0.1) is 20.8 Å². The molecule has 2 aromatic rings. The molecular formula is C21H26N2O4S. The summed E-state index contributed by atoms with van der Waals surface area (Å²) in [6.07, 6.45) is 0. The SMILES string of the molecule is COc1cc(C)c(C)cc1S(=O)(=O)N1CCN(C(=O)c2ccc(C)cc2)CC1. The fourth-order valence-electron chi connectivity index (χ4n) is 3.27. The molecule has 0 unspecified atom stereocenters. The quantitative estimate of drug-likeness (QED) is 0.789. The van der Waals surface area contributed by atoms with E-state index in [0.29, 0.717) is 24.4 Å². The summed E-state index contributed by atoms with van der Waals surface area (Å²) in [5.74, 6) is 0.280. The van der Waals surface area contributed by atoms with Crippen LogP contribution in [0.25, 0.3) is 0 Å². The van der Waals surface area contributed by atoms with E-state index in [1.165, 1.54) is 11.4 Å². The van der Waals surface area contributed by atoms with E-state index in [9.17, 15) is 13.2 Å². The number of carbonyl (C=O) groups excluding carboxylic acids is 1. The van der Waals surface area contributed by atoms with Gasteiger partial charge in [0.05, 0.1) is 7.11 Å². The fraction of sp³-hybridized carbons (Fsp3) is 0.381. The van der Waals surface area contributed by atoms with Crippen LogP contribution in [0.2, 0.25) is 0 Å². The Balaban J connectivity index is 1.76. The molecule has 150 valence electrons.